The smallest absolute Gasteiger partial charge is 0.164 e. The van der Waals surface area contributed by atoms with E-state index in [9.17, 15) is 9.18 Å². The van der Waals surface area contributed by atoms with Crippen molar-refractivity contribution in [3.8, 4) is 0 Å². The molecular formula is C10H11ClFNO. The van der Waals surface area contributed by atoms with Gasteiger partial charge >= 0.3 is 0 Å². The lowest BCUT2D eigenvalue weighted by Crippen LogP contribution is -2.00. The number of ketones is 1. The summed E-state index contributed by atoms with van der Waals surface area (Å²) in [5.41, 5.74) is 0.292. The first-order valence-corrected chi connectivity index (χ1v) is 4.87. The molecule has 0 aliphatic rings. The van der Waals surface area contributed by atoms with Crippen LogP contribution in [0.1, 0.15) is 36.5 Å². The minimum atomic E-state index is -0.644. The van der Waals surface area contributed by atoms with Crippen LogP contribution >= 0.6 is 11.6 Å². The molecule has 0 amide bonds. The van der Waals surface area contributed by atoms with Crippen LogP contribution in [0.4, 0.5) is 4.39 Å². The van der Waals surface area contributed by atoms with Crippen molar-refractivity contribution in [1.29, 1.82) is 0 Å². The van der Waals surface area contributed by atoms with Crippen LogP contribution in [0.5, 0.6) is 0 Å². The molecule has 1 heterocycles. The van der Waals surface area contributed by atoms with Crippen LogP contribution in [0.3, 0.4) is 0 Å². The first-order chi connectivity index (χ1) is 6.65. The van der Waals surface area contributed by atoms with Crippen LogP contribution < -0.4 is 0 Å². The number of rotatable bonds is 4. The maximum absolute atomic E-state index is 12.9. The van der Waals surface area contributed by atoms with Crippen molar-refractivity contribution in [3.63, 3.8) is 0 Å². The summed E-state index contributed by atoms with van der Waals surface area (Å²) in [4.78, 5) is 15.0. The lowest BCUT2D eigenvalue weighted by molar-refractivity contribution is 0.0979. The Bertz CT molecular complexity index is 341. The molecule has 0 saturated heterocycles. The SMILES string of the molecule is CCCCC(=O)c1cnc(Cl)c(F)c1. The molecule has 1 rings (SSSR count). The molecule has 0 unspecified atom stereocenters. The summed E-state index contributed by atoms with van der Waals surface area (Å²) in [7, 11) is 0. The molecule has 0 N–H and O–H groups in total. The highest BCUT2D eigenvalue weighted by molar-refractivity contribution is 6.29. The predicted octanol–water partition coefficient (Wildman–Crippen LogP) is 3.25. The third kappa shape index (κ3) is 2.77. The highest BCUT2D eigenvalue weighted by atomic mass is 35.5. The highest BCUT2D eigenvalue weighted by Gasteiger charge is 2.09. The van der Waals surface area contributed by atoms with Gasteiger partial charge in [-0.3, -0.25) is 4.79 Å². The van der Waals surface area contributed by atoms with Gasteiger partial charge in [-0.1, -0.05) is 24.9 Å². The van der Waals surface area contributed by atoms with Crippen molar-refractivity contribution in [2.75, 3.05) is 0 Å². The Kier molecular flexibility index (Phi) is 4.01. The number of hydrogen-bond acceptors (Lipinski definition) is 2. The zero-order valence-corrected chi connectivity index (χ0v) is 8.64. The van der Waals surface area contributed by atoms with Gasteiger partial charge in [0.15, 0.2) is 16.8 Å². The fourth-order valence-electron chi connectivity index (χ4n) is 1.06. The number of hydrogen-bond donors (Lipinski definition) is 0. The number of aromatic nitrogens is 1. The van der Waals surface area contributed by atoms with E-state index < -0.39 is 5.82 Å². The quantitative estimate of drug-likeness (QED) is 0.570. The van der Waals surface area contributed by atoms with Crippen LogP contribution in [0.2, 0.25) is 5.15 Å². The van der Waals surface area contributed by atoms with E-state index in [4.69, 9.17) is 11.6 Å². The normalized spacial score (nSPS) is 10.2. The van der Waals surface area contributed by atoms with Crippen LogP contribution in [0.25, 0.3) is 0 Å². The first kappa shape index (κ1) is 11.1. The molecular weight excluding hydrogens is 205 g/mol. The second-order valence-corrected chi connectivity index (χ2v) is 3.38. The molecule has 0 fully saturated rings. The van der Waals surface area contributed by atoms with E-state index in [1.165, 1.54) is 6.20 Å². The van der Waals surface area contributed by atoms with Gasteiger partial charge in [0.05, 0.1) is 0 Å². The predicted molar refractivity (Wildman–Crippen MR) is 53.1 cm³/mol. The number of nitrogens with zero attached hydrogens (tertiary/aromatic N) is 1. The second-order valence-electron chi connectivity index (χ2n) is 3.02. The molecule has 1 aromatic heterocycles. The molecule has 0 aliphatic carbocycles. The Balaban J connectivity index is 2.76. The molecule has 0 bridgehead atoms. The molecule has 2 nitrogen and oxygen atoms in total. The van der Waals surface area contributed by atoms with Gasteiger partial charge in [0.25, 0.3) is 0 Å². The summed E-state index contributed by atoms with van der Waals surface area (Å²) in [5, 5.41) is -0.197. The fourth-order valence-corrected chi connectivity index (χ4v) is 1.16. The van der Waals surface area contributed by atoms with Gasteiger partial charge in [0.1, 0.15) is 0 Å². The summed E-state index contributed by atoms with van der Waals surface area (Å²) >= 11 is 5.39. The lowest BCUT2D eigenvalue weighted by atomic mass is 10.1. The zero-order chi connectivity index (χ0) is 10.6. The molecule has 14 heavy (non-hydrogen) atoms. The van der Waals surface area contributed by atoms with Crippen molar-refractivity contribution in [1.82, 2.24) is 4.98 Å². The van der Waals surface area contributed by atoms with Gasteiger partial charge in [-0.25, -0.2) is 9.37 Å². The van der Waals surface area contributed by atoms with Gasteiger partial charge in [-0.2, -0.15) is 0 Å². The maximum atomic E-state index is 12.9. The van der Waals surface area contributed by atoms with E-state index in [1.54, 1.807) is 0 Å². The van der Waals surface area contributed by atoms with Gasteiger partial charge < -0.3 is 0 Å². The summed E-state index contributed by atoms with van der Waals surface area (Å²) in [6, 6.07) is 1.13. The van der Waals surface area contributed by atoms with Crippen LogP contribution in [0, 0.1) is 5.82 Å². The molecule has 0 aliphatic heterocycles. The number of unbranched alkanes of at least 4 members (excludes halogenated alkanes) is 1. The van der Waals surface area contributed by atoms with Crippen molar-refractivity contribution < 1.29 is 9.18 Å². The highest BCUT2D eigenvalue weighted by Crippen LogP contribution is 2.14. The van der Waals surface area contributed by atoms with Gasteiger partial charge in [0, 0.05) is 18.2 Å². The molecule has 0 atom stereocenters. The molecule has 76 valence electrons. The maximum Gasteiger partial charge on any atom is 0.164 e. The van der Waals surface area contributed by atoms with E-state index in [-0.39, 0.29) is 10.9 Å². The summed E-state index contributed by atoms with van der Waals surface area (Å²) in [6.45, 7) is 1.99. The minimum Gasteiger partial charge on any atom is -0.294 e. The van der Waals surface area contributed by atoms with Crippen molar-refractivity contribution in [2.24, 2.45) is 0 Å². The standard InChI is InChI=1S/C10H11ClFNO/c1-2-3-4-9(14)7-5-8(12)10(11)13-6-7/h5-6H,2-4H2,1H3. The van der Waals surface area contributed by atoms with Crippen molar-refractivity contribution >= 4 is 17.4 Å². The van der Waals surface area contributed by atoms with E-state index in [0.717, 1.165) is 18.9 Å². The van der Waals surface area contributed by atoms with Crippen LogP contribution in [0.15, 0.2) is 12.3 Å². The molecule has 0 radical (unpaired) electrons. The number of carbonyl (C=O) groups excluding carboxylic acids is 1. The zero-order valence-electron chi connectivity index (χ0n) is 7.89. The monoisotopic (exact) mass is 215 g/mol. The third-order valence-corrected chi connectivity index (χ3v) is 2.15. The van der Waals surface area contributed by atoms with E-state index in [1.807, 2.05) is 6.92 Å². The Hall–Kier alpha value is -0.960. The fraction of sp³-hybridized carbons (Fsp3) is 0.400. The molecule has 0 aromatic carbocycles. The number of halogens is 2. The van der Waals surface area contributed by atoms with Gasteiger partial charge in [-0.05, 0) is 12.5 Å². The van der Waals surface area contributed by atoms with Gasteiger partial charge in [-0.15, -0.1) is 0 Å². The topological polar surface area (TPSA) is 30.0 Å². The van der Waals surface area contributed by atoms with Crippen molar-refractivity contribution in [3.05, 3.63) is 28.8 Å². The minimum absolute atomic E-state index is 0.0880. The number of carbonyl (C=O) groups is 1. The van der Waals surface area contributed by atoms with Crippen LogP contribution in [-0.4, -0.2) is 10.8 Å². The molecule has 1 aromatic rings. The summed E-state index contributed by atoms with van der Waals surface area (Å²) < 4.78 is 12.9. The lowest BCUT2D eigenvalue weighted by Gasteiger charge is -2.00. The van der Waals surface area contributed by atoms with E-state index >= 15 is 0 Å². The summed E-state index contributed by atoms with van der Waals surface area (Å²) in [5.74, 6) is -0.732. The largest absolute Gasteiger partial charge is 0.294 e. The summed E-state index contributed by atoms with van der Waals surface area (Å²) in [6.07, 6.45) is 3.49. The second kappa shape index (κ2) is 5.05. The Morgan fingerprint density at radius 2 is 2.36 bits per heavy atom. The number of Topliss-reactive ketones (excluding diaryl/α,β-unsaturated/α-hetero) is 1. The van der Waals surface area contributed by atoms with Gasteiger partial charge in [0.2, 0.25) is 0 Å². The molecule has 0 spiro atoms. The Morgan fingerprint density at radius 3 is 2.93 bits per heavy atom. The van der Waals surface area contributed by atoms with Crippen molar-refractivity contribution in [2.45, 2.75) is 26.2 Å². The third-order valence-electron chi connectivity index (χ3n) is 1.88. The average Bonchev–Trinajstić information content (AvgIpc) is 2.18. The Labute approximate surface area is 87.1 Å². The molecule has 0 saturated carbocycles. The van der Waals surface area contributed by atoms with Crippen LogP contribution in [-0.2, 0) is 0 Å². The number of pyridine rings is 1. The average molecular weight is 216 g/mol. The Morgan fingerprint density at radius 1 is 1.64 bits per heavy atom. The first-order valence-electron chi connectivity index (χ1n) is 4.49. The van der Waals surface area contributed by atoms with E-state index in [2.05, 4.69) is 4.98 Å². The van der Waals surface area contributed by atoms with E-state index in [0.29, 0.717) is 12.0 Å². The molecule has 4 heteroatoms.